The van der Waals surface area contributed by atoms with Crippen molar-refractivity contribution in [3.8, 4) is 0 Å². The van der Waals surface area contributed by atoms with Crippen LogP contribution in [0.25, 0.3) is 0 Å². The smallest absolute Gasteiger partial charge is 0.253 e. The second kappa shape index (κ2) is 7.32. The molecule has 1 amide bonds. The van der Waals surface area contributed by atoms with Crippen LogP contribution < -0.4 is 0 Å². The minimum Gasteiger partial charge on any atom is -0.378 e. The van der Waals surface area contributed by atoms with E-state index in [1.807, 2.05) is 17.0 Å². The zero-order valence-electron chi connectivity index (χ0n) is 16.1. The first kappa shape index (κ1) is 18.0. The van der Waals surface area contributed by atoms with Crippen LogP contribution >= 0.6 is 0 Å². The molecule has 0 aromatic heterocycles. The SMILES string of the molecule is Cc1cc(C)cc(C(=O)N2CCC3(CC2)CO[C@@H](COCC2CC2)C3)c1. The third-order valence-corrected chi connectivity index (χ3v) is 6.22. The molecule has 2 aliphatic heterocycles. The van der Waals surface area contributed by atoms with Crippen molar-refractivity contribution in [2.24, 2.45) is 11.3 Å². The summed E-state index contributed by atoms with van der Waals surface area (Å²) in [6.07, 6.45) is 6.09. The van der Waals surface area contributed by atoms with Crippen LogP contribution in [-0.4, -0.2) is 49.8 Å². The van der Waals surface area contributed by atoms with E-state index in [0.717, 1.165) is 74.8 Å². The van der Waals surface area contributed by atoms with Crippen LogP contribution in [0.1, 0.15) is 53.6 Å². The van der Waals surface area contributed by atoms with Crippen molar-refractivity contribution in [3.05, 3.63) is 34.9 Å². The van der Waals surface area contributed by atoms with Crippen molar-refractivity contribution >= 4 is 5.91 Å². The van der Waals surface area contributed by atoms with Gasteiger partial charge < -0.3 is 14.4 Å². The summed E-state index contributed by atoms with van der Waals surface area (Å²) in [5.41, 5.74) is 3.39. The number of carbonyl (C=O) groups is 1. The fourth-order valence-corrected chi connectivity index (χ4v) is 4.47. The van der Waals surface area contributed by atoms with Crippen LogP contribution in [0.3, 0.4) is 0 Å². The van der Waals surface area contributed by atoms with Gasteiger partial charge in [0.2, 0.25) is 0 Å². The fraction of sp³-hybridized carbons (Fsp3) is 0.682. The highest BCUT2D eigenvalue weighted by molar-refractivity contribution is 5.94. The Labute approximate surface area is 156 Å². The van der Waals surface area contributed by atoms with Gasteiger partial charge in [-0.2, -0.15) is 0 Å². The lowest BCUT2D eigenvalue weighted by atomic mass is 9.76. The Morgan fingerprint density at radius 3 is 2.50 bits per heavy atom. The maximum Gasteiger partial charge on any atom is 0.253 e. The van der Waals surface area contributed by atoms with E-state index in [0.29, 0.717) is 0 Å². The lowest BCUT2D eigenvalue weighted by Gasteiger charge is -2.38. The number of piperidine rings is 1. The van der Waals surface area contributed by atoms with Crippen LogP contribution in [0.4, 0.5) is 0 Å². The molecule has 1 aromatic carbocycles. The minimum absolute atomic E-state index is 0.176. The second-order valence-electron chi connectivity index (χ2n) is 8.79. The van der Waals surface area contributed by atoms with Gasteiger partial charge in [-0.1, -0.05) is 17.2 Å². The Balaban J connectivity index is 1.28. The number of amides is 1. The Kier molecular flexibility index (Phi) is 5.07. The van der Waals surface area contributed by atoms with Gasteiger partial charge in [0.1, 0.15) is 0 Å². The summed E-state index contributed by atoms with van der Waals surface area (Å²) in [5.74, 6) is 0.986. The van der Waals surface area contributed by atoms with E-state index in [1.165, 1.54) is 12.8 Å². The number of carbonyl (C=O) groups excluding carboxylic acids is 1. The fourth-order valence-electron chi connectivity index (χ4n) is 4.47. The summed E-state index contributed by atoms with van der Waals surface area (Å²) in [4.78, 5) is 14.9. The lowest BCUT2D eigenvalue weighted by molar-refractivity contribution is 0.00938. The highest BCUT2D eigenvalue weighted by Gasteiger charge is 2.43. The Morgan fingerprint density at radius 1 is 1.15 bits per heavy atom. The van der Waals surface area contributed by atoms with Crippen molar-refractivity contribution in [2.45, 2.75) is 52.1 Å². The molecular formula is C22H31NO3. The summed E-state index contributed by atoms with van der Waals surface area (Å²) in [6, 6.07) is 6.13. The molecule has 1 spiro atoms. The number of hydrogen-bond acceptors (Lipinski definition) is 3. The van der Waals surface area contributed by atoms with Gasteiger partial charge >= 0.3 is 0 Å². The number of nitrogens with zero attached hydrogens (tertiary/aromatic N) is 1. The van der Waals surface area contributed by atoms with Gasteiger partial charge in [-0.25, -0.2) is 0 Å². The first-order valence-electron chi connectivity index (χ1n) is 10.1. The molecule has 2 saturated heterocycles. The molecule has 142 valence electrons. The average molecular weight is 357 g/mol. The summed E-state index contributed by atoms with van der Waals surface area (Å²) in [6.45, 7) is 8.26. The number of ether oxygens (including phenoxy) is 2. The van der Waals surface area contributed by atoms with Crippen LogP contribution in [0.5, 0.6) is 0 Å². The zero-order chi connectivity index (χ0) is 18.1. The Morgan fingerprint density at radius 2 is 1.85 bits per heavy atom. The summed E-state index contributed by atoms with van der Waals surface area (Å²) < 4.78 is 11.9. The molecule has 3 fully saturated rings. The molecule has 1 aliphatic carbocycles. The number of rotatable bonds is 5. The average Bonchev–Trinajstić information content (AvgIpc) is 3.36. The number of likely N-dealkylation sites (tertiary alicyclic amines) is 1. The van der Waals surface area contributed by atoms with E-state index in [2.05, 4.69) is 19.9 Å². The quantitative estimate of drug-likeness (QED) is 0.806. The predicted molar refractivity (Wildman–Crippen MR) is 101 cm³/mol. The predicted octanol–water partition coefficient (Wildman–Crippen LogP) is 3.74. The standard InChI is InChI=1S/C22H31NO3/c1-16-9-17(2)11-19(10-16)21(24)23-7-5-22(6-8-23)12-20(26-15-22)14-25-13-18-3-4-18/h9-11,18,20H,3-8,12-15H2,1-2H3/t20-/m1/s1. The van der Waals surface area contributed by atoms with Crippen LogP contribution in [0, 0.1) is 25.2 Å². The van der Waals surface area contributed by atoms with Crippen molar-refractivity contribution in [3.63, 3.8) is 0 Å². The third-order valence-electron chi connectivity index (χ3n) is 6.22. The highest BCUT2D eigenvalue weighted by Crippen LogP contribution is 2.42. The van der Waals surface area contributed by atoms with E-state index in [9.17, 15) is 4.79 Å². The largest absolute Gasteiger partial charge is 0.378 e. The van der Waals surface area contributed by atoms with Crippen LogP contribution in [0.15, 0.2) is 18.2 Å². The van der Waals surface area contributed by atoms with E-state index in [1.54, 1.807) is 0 Å². The molecule has 0 N–H and O–H groups in total. The lowest BCUT2D eigenvalue weighted by Crippen LogP contribution is -2.43. The van der Waals surface area contributed by atoms with Crippen LogP contribution in [-0.2, 0) is 9.47 Å². The Hall–Kier alpha value is -1.39. The first-order valence-corrected chi connectivity index (χ1v) is 10.1. The normalized spacial score (nSPS) is 25.0. The molecule has 2 heterocycles. The minimum atomic E-state index is 0.176. The Bertz CT molecular complexity index is 639. The molecule has 1 saturated carbocycles. The third kappa shape index (κ3) is 4.12. The number of hydrogen-bond donors (Lipinski definition) is 0. The zero-order valence-corrected chi connectivity index (χ0v) is 16.1. The van der Waals surface area contributed by atoms with E-state index >= 15 is 0 Å². The summed E-state index contributed by atoms with van der Waals surface area (Å²) in [5, 5.41) is 0. The molecule has 26 heavy (non-hydrogen) atoms. The number of aryl methyl sites for hydroxylation is 2. The first-order chi connectivity index (χ1) is 12.5. The van der Waals surface area contributed by atoms with Gasteiger partial charge in [0, 0.05) is 25.3 Å². The van der Waals surface area contributed by atoms with E-state index < -0.39 is 0 Å². The second-order valence-corrected chi connectivity index (χ2v) is 8.79. The van der Waals surface area contributed by atoms with Gasteiger partial charge in [0.15, 0.2) is 0 Å². The molecule has 1 aromatic rings. The molecule has 1 atom stereocenters. The molecule has 0 radical (unpaired) electrons. The van der Waals surface area contributed by atoms with Crippen LogP contribution in [0.2, 0.25) is 0 Å². The molecule has 4 heteroatoms. The van der Waals surface area contributed by atoms with E-state index in [4.69, 9.17) is 9.47 Å². The maximum absolute atomic E-state index is 12.9. The topological polar surface area (TPSA) is 38.8 Å². The molecular weight excluding hydrogens is 326 g/mol. The monoisotopic (exact) mass is 357 g/mol. The summed E-state index contributed by atoms with van der Waals surface area (Å²) >= 11 is 0. The van der Waals surface area contributed by atoms with Gasteiger partial charge in [-0.15, -0.1) is 0 Å². The van der Waals surface area contributed by atoms with Crippen molar-refractivity contribution < 1.29 is 14.3 Å². The molecule has 0 bridgehead atoms. The number of benzene rings is 1. The van der Waals surface area contributed by atoms with Gasteiger partial charge in [0.05, 0.1) is 19.3 Å². The summed E-state index contributed by atoms with van der Waals surface area (Å²) in [7, 11) is 0. The van der Waals surface area contributed by atoms with Crippen molar-refractivity contribution in [1.29, 1.82) is 0 Å². The molecule has 4 rings (SSSR count). The van der Waals surface area contributed by atoms with Crippen molar-refractivity contribution in [1.82, 2.24) is 4.90 Å². The van der Waals surface area contributed by atoms with Gasteiger partial charge in [-0.05, 0) is 69.4 Å². The highest BCUT2D eigenvalue weighted by atomic mass is 16.5. The molecule has 4 nitrogen and oxygen atoms in total. The molecule has 3 aliphatic rings. The van der Waals surface area contributed by atoms with Crippen molar-refractivity contribution in [2.75, 3.05) is 32.9 Å². The van der Waals surface area contributed by atoms with Gasteiger partial charge in [0.25, 0.3) is 5.91 Å². The maximum atomic E-state index is 12.9. The molecule has 0 unspecified atom stereocenters. The van der Waals surface area contributed by atoms with Gasteiger partial charge in [-0.3, -0.25) is 4.79 Å². The van der Waals surface area contributed by atoms with E-state index in [-0.39, 0.29) is 17.4 Å².